The van der Waals surface area contributed by atoms with Crippen LogP contribution in [-0.4, -0.2) is 9.97 Å². The Morgan fingerprint density at radius 3 is 2.94 bits per heavy atom. The largest absolute Gasteiger partial charge is 0.271 e. The fraction of sp³-hybridized carbons (Fsp3) is 0.273. The Hall–Kier alpha value is -0.820. The number of aromatic nitrogens is 2. The van der Waals surface area contributed by atoms with E-state index in [1.165, 1.54) is 0 Å². The molecule has 0 fully saturated rings. The second-order valence-electron chi connectivity index (χ2n) is 3.73. The molecule has 2 aromatic rings. The van der Waals surface area contributed by atoms with Crippen molar-refractivity contribution in [1.82, 2.24) is 15.4 Å². The van der Waals surface area contributed by atoms with E-state index < -0.39 is 0 Å². The van der Waals surface area contributed by atoms with Gasteiger partial charge in [-0.2, -0.15) is 0 Å². The molecule has 0 aliphatic rings. The normalized spacial score (nSPS) is 12.6. The van der Waals surface area contributed by atoms with Crippen molar-refractivity contribution in [3.63, 3.8) is 0 Å². The van der Waals surface area contributed by atoms with E-state index >= 15 is 0 Å². The van der Waals surface area contributed by atoms with Crippen molar-refractivity contribution in [3.05, 3.63) is 44.6 Å². The monoisotopic (exact) mass is 312 g/mol. The summed E-state index contributed by atoms with van der Waals surface area (Å²) in [5.74, 6) is 5.58. The maximum absolute atomic E-state index is 5.58. The minimum Gasteiger partial charge on any atom is -0.271 e. The molecule has 2 aromatic heterocycles. The van der Waals surface area contributed by atoms with Gasteiger partial charge in [-0.15, -0.1) is 11.3 Å². The maximum Gasteiger partial charge on any atom is 0.0898 e. The third-order valence-corrected chi connectivity index (χ3v) is 3.62. The Morgan fingerprint density at radius 2 is 2.35 bits per heavy atom. The maximum atomic E-state index is 5.58. The van der Waals surface area contributed by atoms with Crippen LogP contribution in [-0.2, 0) is 6.42 Å². The van der Waals surface area contributed by atoms with Crippen LogP contribution < -0.4 is 11.3 Å². The lowest BCUT2D eigenvalue weighted by atomic mass is 10.1. The number of pyridine rings is 1. The molecule has 0 saturated carbocycles. The Kier molecular flexibility index (Phi) is 4.22. The van der Waals surface area contributed by atoms with Gasteiger partial charge in [0.25, 0.3) is 0 Å². The first kappa shape index (κ1) is 12.6. The summed E-state index contributed by atoms with van der Waals surface area (Å²) in [7, 11) is 0. The van der Waals surface area contributed by atoms with Crippen molar-refractivity contribution in [2.45, 2.75) is 19.4 Å². The zero-order valence-corrected chi connectivity index (χ0v) is 11.8. The molecule has 1 atom stereocenters. The van der Waals surface area contributed by atoms with E-state index in [2.05, 4.69) is 31.3 Å². The van der Waals surface area contributed by atoms with Gasteiger partial charge in [0.2, 0.25) is 0 Å². The average molecular weight is 313 g/mol. The minimum atomic E-state index is 0.0241. The van der Waals surface area contributed by atoms with Gasteiger partial charge in [-0.25, -0.2) is 4.98 Å². The van der Waals surface area contributed by atoms with Crippen LogP contribution in [0.4, 0.5) is 0 Å². The number of halogens is 1. The number of rotatable bonds is 4. The van der Waals surface area contributed by atoms with Gasteiger partial charge in [0.15, 0.2) is 0 Å². The first-order valence-corrected chi connectivity index (χ1v) is 6.84. The van der Waals surface area contributed by atoms with E-state index in [1.807, 2.05) is 24.6 Å². The molecular formula is C11H13BrN4S. The lowest BCUT2D eigenvalue weighted by Gasteiger charge is -2.13. The highest BCUT2D eigenvalue weighted by Gasteiger charge is 2.13. The molecule has 0 amide bonds. The molecule has 0 spiro atoms. The Morgan fingerprint density at radius 1 is 1.53 bits per heavy atom. The second-order valence-corrected chi connectivity index (χ2v) is 5.70. The van der Waals surface area contributed by atoms with Crippen LogP contribution in [0.3, 0.4) is 0 Å². The van der Waals surface area contributed by atoms with Crippen molar-refractivity contribution in [1.29, 1.82) is 0 Å². The number of nitrogens with zero attached hydrogens (tertiary/aromatic N) is 2. The van der Waals surface area contributed by atoms with E-state index in [0.29, 0.717) is 0 Å². The van der Waals surface area contributed by atoms with Gasteiger partial charge in [-0.1, -0.05) is 0 Å². The first-order chi connectivity index (χ1) is 8.19. The fourth-order valence-electron chi connectivity index (χ4n) is 1.59. The fourth-order valence-corrected chi connectivity index (χ4v) is 2.67. The number of aryl methyl sites for hydroxylation is 1. The summed E-state index contributed by atoms with van der Waals surface area (Å²) < 4.78 is 0.972. The zero-order chi connectivity index (χ0) is 12.3. The third kappa shape index (κ3) is 3.32. The highest BCUT2D eigenvalue weighted by molar-refractivity contribution is 9.10. The van der Waals surface area contributed by atoms with Crippen molar-refractivity contribution >= 4 is 27.3 Å². The van der Waals surface area contributed by atoms with Crippen LogP contribution in [0.5, 0.6) is 0 Å². The summed E-state index contributed by atoms with van der Waals surface area (Å²) in [5, 5.41) is 3.08. The molecule has 3 N–H and O–H groups in total. The average Bonchev–Trinajstić information content (AvgIpc) is 2.73. The number of hydrogen-bond donors (Lipinski definition) is 2. The van der Waals surface area contributed by atoms with Gasteiger partial charge in [0.1, 0.15) is 0 Å². The lowest BCUT2D eigenvalue weighted by Crippen LogP contribution is -2.29. The van der Waals surface area contributed by atoms with E-state index in [1.54, 1.807) is 17.5 Å². The summed E-state index contributed by atoms with van der Waals surface area (Å²) in [6.45, 7) is 1.99. The molecule has 6 heteroatoms. The molecule has 4 nitrogen and oxygen atoms in total. The number of thiazole rings is 1. The summed E-state index contributed by atoms with van der Waals surface area (Å²) in [4.78, 5) is 8.58. The van der Waals surface area contributed by atoms with Crippen LogP contribution in [0, 0.1) is 6.92 Å². The summed E-state index contributed by atoms with van der Waals surface area (Å²) in [6.07, 6.45) is 4.38. The smallest absolute Gasteiger partial charge is 0.0898 e. The number of nitrogens with two attached hydrogens (primary N) is 1. The van der Waals surface area contributed by atoms with Crippen LogP contribution in [0.15, 0.2) is 28.3 Å². The molecule has 0 aliphatic carbocycles. The van der Waals surface area contributed by atoms with Gasteiger partial charge in [-0.05, 0) is 40.9 Å². The zero-order valence-electron chi connectivity index (χ0n) is 9.35. The minimum absolute atomic E-state index is 0.0241. The molecule has 0 radical (unpaired) electrons. The number of hydrogen-bond acceptors (Lipinski definition) is 5. The molecule has 0 aromatic carbocycles. The molecule has 1 unspecified atom stereocenters. The molecule has 0 saturated heterocycles. The van der Waals surface area contributed by atoms with E-state index in [9.17, 15) is 0 Å². The number of hydrazine groups is 1. The van der Waals surface area contributed by atoms with Crippen molar-refractivity contribution in [3.8, 4) is 0 Å². The topological polar surface area (TPSA) is 63.8 Å². The summed E-state index contributed by atoms with van der Waals surface area (Å²) in [6, 6.07) is 2.06. The van der Waals surface area contributed by atoms with E-state index in [-0.39, 0.29) is 6.04 Å². The van der Waals surface area contributed by atoms with Crippen LogP contribution in [0.1, 0.15) is 22.3 Å². The molecule has 2 rings (SSSR count). The van der Waals surface area contributed by atoms with Crippen molar-refractivity contribution < 1.29 is 0 Å². The molecule has 0 aliphatic heterocycles. The molecule has 90 valence electrons. The van der Waals surface area contributed by atoms with Gasteiger partial charge >= 0.3 is 0 Å². The third-order valence-electron chi connectivity index (χ3n) is 2.40. The SMILES string of the molecule is Cc1nc(C(Cc2cncc(Br)c2)NN)cs1. The highest BCUT2D eigenvalue weighted by atomic mass is 79.9. The summed E-state index contributed by atoms with van der Waals surface area (Å²) >= 11 is 5.04. The van der Waals surface area contributed by atoms with Gasteiger partial charge in [-0.3, -0.25) is 16.3 Å². The van der Waals surface area contributed by atoms with Crippen molar-refractivity contribution in [2.24, 2.45) is 5.84 Å². The Labute approximate surface area is 112 Å². The molecule has 17 heavy (non-hydrogen) atoms. The second kappa shape index (κ2) is 5.68. The molecule has 2 heterocycles. The predicted molar refractivity (Wildman–Crippen MR) is 72.6 cm³/mol. The van der Waals surface area contributed by atoms with Gasteiger partial charge in [0.05, 0.1) is 16.7 Å². The Balaban J connectivity index is 2.15. The van der Waals surface area contributed by atoms with E-state index in [0.717, 1.165) is 27.2 Å². The Bertz CT molecular complexity index is 500. The highest BCUT2D eigenvalue weighted by Crippen LogP contribution is 2.20. The molecule has 0 bridgehead atoms. The van der Waals surface area contributed by atoms with E-state index in [4.69, 9.17) is 5.84 Å². The van der Waals surface area contributed by atoms with Gasteiger partial charge in [0, 0.05) is 22.2 Å². The molecular weight excluding hydrogens is 300 g/mol. The number of nitrogens with one attached hydrogen (secondary N) is 1. The van der Waals surface area contributed by atoms with Crippen LogP contribution in [0.25, 0.3) is 0 Å². The summed E-state index contributed by atoms with van der Waals surface area (Å²) in [5.41, 5.74) is 4.90. The van der Waals surface area contributed by atoms with Crippen LogP contribution >= 0.6 is 27.3 Å². The van der Waals surface area contributed by atoms with Gasteiger partial charge < -0.3 is 0 Å². The predicted octanol–water partition coefficient (Wildman–Crippen LogP) is 2.36. The standard InChI is InChI=1S/C11H13BrN4S/c1-7-15-11(6-17-7)10(16-13)3-8-2-9(12)5-14-4-8/h2,4-6,10,16H,3,13H2,1H3. The quantitative estimate of drug-likeness (QED) is 0.672. The first-order valence-electron chi connectivity index (χ1n) is 5.16. The van der Waals surface area contributed by atoms with Crippen LogP contribution in [0.2, 0.25) is 0 Å². The van der Waals surface area contributed by atoms with Crippen molar-refractivity contribution in [2.75, 3.05) is 0 Å². The lowest BCUT2D eigenvalue weighted by molar-refractivity contribution is 0.539.